The Labute approximate surface area is 123 Å². The maximum absolute atomic E-state index is 12.3. The second-order valence-corrected chi connectivity index (χ2v) is 8.62. The van der Waals surface area contributed by atoms with Crippen LogP contribution in [0.4, 0.5) is 0 Å². The molecule has 118 valence electrons. The zero-order chi connectivity index (χ0) is 14.6. The summed E-state index contributed by atoms with van der Waals surface area (Å²) in [6.07, 6.45) is 6.14. The minimum atomic E-state index is -3.14. The summed E-state index contributed by atoms with van der Waals surface area (Å²) in [6.45, 7) is 5.89. The Morgan fingerprint density at radius 3 is 2.50 bits per heavy atom. The van der Waals surface area contributed by atoms with Crippen LogP contribution in [-0.4, -0.2) is 33.4 Å². The van der Waals surface area contributed by atoms with E-state index < -0.39 is 10.0 Å². The van der Waals surface area contributed by atoms with Crippen LogP contribution in [0.1, 0.15) is 52.4 Å². The molecule has 1 heterocycles. The van der Waals surface area contributed by atoms with E-state index in [1.807, 2.05) is 0 Å². The third-order valence-electron chi connectivity index (χ3n) is 4.80. The smallest absolute Gasteiger partial charge is 0.212 e. The van der Waals surface area contributed by atoms with Crippen molar-refractivity contribution in [2.24, 2.45) is 17.8 Å². The third kappa shape index (κ3) is 5.01. The largest absolute Gasteiger partial charge is 0.381 e. The van der Waals surface area contributed by atoms with Crippen molar-refractivity contribution in [3.63, 3.8) is 0 Å². The lowest BCUT2D eigenvalue weighted by atomic mass is 9.80. The van der Waals surface area contributed by atoms with Gasteiger partial charge in [-0.15, -0.1) is 0 Å². The van der Waals surface area contributed by atoms with Gasteiger partial charge in [-0.1, -0.05) is 26.7 Å². The Morgan fingerprint density at radius 1 is 1.15 bits per heavy atom. The maximum Gasteiger partial charge on any atom is 0.212 e. The summed E-state index contributed by atoms with van der Waals surface area (Å²) in [5.41, 5.74) is 0. The van der Waals surface area contributed by atoms with E-state index in [0.717, 1.165) is 32.1 Å². The monoisotopic (exact) mass is 303 g/mol. The van der Waals surface area contributed by atoms with Crippen LogP contribution < -0.4 is 4.72 Å². The van der Waals surface area contributed by atoms with Gasteiger partial charge in [0.15, 0.2) is 0 Å². The van der Waals surface area contributed by atoms with Gasteiger partial charge in [0, 0.05) is 19.3 Å². The van der Waals surface area contributed by atoms with E-state index in [4.69, 9.17) is 4.74 Å². The molecular formula is C15H29NO3S. The molecule has 1 saturated heterocycles. The molecule has 4 nitrogen and oxygen atoms in total. The molecule has 0 amide bonds. The van der Waals surface area contributed by atoms with Crippen LogP contribution in [0.5, 0.6) is 0 Å². The van der Waals surface area contributed by atoms with Gasteiger partial charge < -0.3 is 4.74 Å². The number of ether oxygens (including phenoxy) is 1. The van der Waals surface area contributed by atoms with Crippen molar-refractivity contribution in [1.29, 1.82) is 0 Å². The van der Waals surface area contributed by atoms with Crippen LogP contribution in [0.15, 0.2) is 0 Å². The summed E-state index contributed by atoms with van der Waals surface area (Å²) in [5, 5.41) is 0. The summed E-state index contributed by atoms with van der Waals surface area (Å²) >= 11 is 0. The summed E-state index contributed by atoms with van der Waals surface area (Å²) in [7, 11) is -3.14. The normalized spacial score (nSPS) is 29.8. The lowest BCUT2D eigenvalue weighted by molar-refractivity contribution is 0.0722. The summed E-state index contributed by atoms with van der Waals surface area (Å²) in [4.78, 5) is 0. The van der Waals surface area contributed by atoms with E-state index in [1.54, 1.807) is 0 Å². The van der Waals surface area contributed by atoms with Gasteiger partial charge in [-0.2, -0.15) is 0 Å². The van der Waals surface area contributed by atoms with Crippen LogP contribution in [0.2, 0.25) is 0 Å². The summed E-state index contributed by atoms with van der Waals surface area (Å²) in [5.74, 6) is 1.86. The van der Waals surface area contributed by atoms with Gasteiger partial charge in [-0.3, -0.25) is 0 Å². The zero-order valence-corrected chi connectivity index (χ0v) is 13.6. The van der Waals surface area contributed by atoms with Crippen molar-refractivity contribution in [1.82, 2.24) is 4.72 Å². The van der Waals surface area contributed by atoms with Gasteiger partial charge in [0.05, 0.1) is 5.75 Å². The molecule has 0 bridgehead atoms. The van der Waals surface area contributed by atoms with E-state index >= 15 is 0 Å². The lowest BCUT2D eigenvalue weighted by Crippen LogP contribution is -2.42. The lowest BCUT2D eigenvalue weighted by Gasteiger charge is -2.32. The highest BCUT2D eigenvalue weighted by Gasteiger charge is 2.28. The molecule has 1 aliphatic heterocycles. The molecule has 0 spiro atoms. The van der Waals surface area contributed by atoms with Crippen molar-refractivity contribution >= 4 is 10.0 Å². The van der Waals surface area contributed by atoms with Crippen LogP contribution in [0.3, 0.4) is 0 Å². The minimum Gasteiger partial charge on any atom is -0.381 e. The SMILES string of the molecule is CC(C)C1CCCC(NS(=O)(=O)CC2CCOCC2)C1. The van der Waals surface area contributed by atoms with Crippen molar-refractivity contribution < 1.29 is 13.2 Å². The topological polar surface area (TPSA) is 55.4 Å². The predicted molar refractivity (Wildman–Crippen MR) is 81.0 cm³/mol. The first-order valence-corrected chi connectivity index (χ1v) is 9.69. The molecule has 2 fully saturated rings. The van der Waals surface area contributed by atoms with Crippen LogP contribution in [0.25, 0.3) is 0 Å². The van der Waals surface area contributed by atoms with Gasteiger partial charge in [-0.05, 0) is 43.4 Å². The van der Waals surface area contributed by atoms with E-state index in [0.29, 0.717) is 25.0 Å². The van der Waals surface area contributed by atoms with E-state index in [-0.39, 0.29) is 17.7 Å². The number of nitrogens with one attached hydrogen (secondary N) is 1. The molecule has 0 radical (unpaired) electrons. The van der Waals surface area contributed by atoms with E-state index in [9.17, 15) is 8.42 Å². The van der Waals surface area contributed by atoms with Crippen LogP contribution in [0, 0.1) is 17.8 Å². The fraction of sp³-hybridized carbons (Fsp3) is 1.00. The molecular weight excluding hydrogens is 274 g/mol. The van der Waals surface area contributed by atoms with Crippen molar-refractivity contribution in [2.45, 2.75) is 58.4 Å². The average Bonchev–Trinajstić information content (AvgIpc) is 2.39. The second kappa shape index (κ2) is 7.23. The van der Waals surface area contributed by atoms with Gasteiger partial charge >= 0.3 is 0 Å². The first-order valence-electron chi connectivity index (χ1n) is 8.04. The molecule has 0 aromatic rings. The highest BCUT2D eigenvalue weighted by Crippen LogP contribution is 2.30. The predicted octanol–water partition coefficient (Wildman–Crippen LogP) is 2.55. The summed E-state index contributed by atoms with van der Waals surface area (Å²) < 4.78 is 32.8. The molecule has 2 unspecified atom stereocenters. The molecule has 1 saturated carbocycles. The number of rotatable bonds is 5. The number of hydrogen-bond acceptors (Lipinski definition) is 3. The second-order valence-electron chi connectivity index (χ2n) is 6.82. The van der Waals surface area contributed by atoms with Gasteiger partial charge in [0.1, 0.15) is 0 Å². The molecule has 2 rings (SSSR count). The highest BCUT2D eigenvalue weighted by molar-refractivity contribution is 7.89. The molecule has 2 atom stereocenters. The van der Waals surface area contributed by atoms with Gasteiger partial charge in [0.2, 0.25) is 10.0 Å². The fourth-order valence-corrected chi connectivity index (χ4v) is 5.24. The van der Waals surface area contributed by atoms with E-state index in [2.05, 4.69) is 18.6 Å². The van der Waals surface area contributed by atoms with Gasteiger partial charge in [-0.25, -0.2) is 13.1 Å². The maximum atomic E-state index is 12.3. The minimum absolute atomic E-state index is 0.154. The van der Waals surface area contributed by atoms with Crippen LogP contribution in [-0.2, 0) is 14.8 Å². The Hall–Kier alpha value is -0.130. The molecule has 0 aromatic carbocycles. The first kappa shape index (κ1) is 16.2. The van der Waals surface area contributed by atoms with Crippen molar-refractivity contribution in [3.8, 4) is 0 Å². The third-order valence-corrected chi connectivity index (χ3v) is 6.40. The van der Waals surface area contributed by atoms with Gasteiger partial charge in [0.25, 0.3) is 0 Å². The Kier molecular flexibility index (Phi) is 5.87. The van der Waals surface area contributed by atoms with Crippen molar-refractivity contribution in [2.75, 3.05) is 19.0 Å². The van der Waals surface area contributed by atoms with Crippen LogP contribution >= 0.6 is 0 Å². The zero-order valence-electron chi connectivity index (χ0n) is 12.8. The number of sulfonamides is 1. The number of hydrogen-bond donors (Lipinski definition) is 1. The molecule has 20 heavy (non-hydrogen) atoms. The molecule has 1 aliphatic carbocycles. The molecule has 5 heteroatoms. The quantitative estimate of drug-likeness (QED) is 0.849. The fourth-order valence-electron chi connectivity index (χ4n) is 3.47. The van der Waals surface area contributed by atoms with E-state index in [1.165, 1.54) is 6.42 Å². The Morgan fingerprint density at radius 2 is 1.85 bits per heavy atom. The highest BCUT2D eigenvalue weighted by atomic mass is 32.2. The molecule has 2 aliphatic rings. The summed E-state index contributed by atoms with van der Waals surface area (Å²) in [6, 6.07) is 0.154. The Balaban J connectivity index is 1.84. The first-order chi connectivity index (χ1) is 9.46. The average molecular weight is 303 g/mol. The van der Waals surface area contributed by atoms with Crippen molar-refractivity contribution in [3.05, 3.63) is 0 Å². The standard InChI is InChI=1S/C15H29NO3S/c1-12(2)14-4-3-5-15(10-14)16-20(17,18)11-13-6-8-19-9-7-13/h12-16H,3-11H2,1-2H3. The molecule has 1 N–H and O–H groups in total. The Bertz CT molecular complexity index is 388. The molecule has 0 aromatic heterocycles.